The monoisotopic (exact) mass is 334 g/mol. The highest BCUT2D eigenvalue weighted by atomic mass is 32.1. The predicted molar refractivity (Wildman–Crippen MR) is 91.1 cm³/mol. The molecular weight excluding hydrogens is 312 g/mol. The Labute approximate surface area is 140 Å². The van der Waals surface area contributed by atoms with Crippen molar-refractivity contribution < 1.29 is 14.3 Å². The highest BCUT2D eigenvalue weighted by Gasteiger charge is 2.29. The fraction of sp³-hybridized carbons (Fsp3) is 0.529. The number of ether oxygens (including phenoxy) is 2. The van der Waals surface area contributed by atoms with Gasteiger partial charge in [-0.2, -0.15) is 4.37 Å². The third kappa shape index (κ3) is 3.93. The van der Waals surface area contributed by atoms with Gasteiger partial charge in [0.25, 0.3) is 0 Å². The molecule has 0 N–H and O–H groups in total. The van der Waals surface area contributed by atoms with Gasteiger partial charge < -0.3 is 14.4 Å². The number of amides is 1. The molecular formula is C17H22N2O3S. The van der Waals surface area contributed by atoms with Gasteiger partial charge in [-0.15, -0.1) is 0 Å². The number of hydrogen-bond acceptors (Lipinski definition) is 5. The Hall–Kier alpha value is -1.82. The minimum absolute atomic E-state index is 0.0400. The summed E-state index contributed by atoms with van der Waals surface area (Å²) in [5, 5.41) is 1.03. The SMILES string of the molecule is CC(C)(C)OC(=O)N1CCC[C@@H](Oc2nsc3ccccc23)C1. The molecule has 0 radical (unpaired) electrons. The molecule has 1 aliphatic heterocycles. The Balaban J connectivity index is 1.66. The minimum atomic E-state index is -0.476. The second-order valence-electron chi connectivity index (χ2n) is 6.79. The number of benzene rings is 1. The van der Waals surface area contributed by atoms with E-state index in [1.165, 1.54) is 11.5 Å². The van der Waals surface area contributed by atoms with E-state index < -0.39 is 5.60 Å². The second kappa shape index (κ2) is 6.35. The molecule has 1 atom stereocenters. The van der Waals surface area contributed by atoms with E-state index in [4.69, 9.17) is 9.47 Å². The van der Waals surface area contributed by atoms with Crippen molar-refractivity contribution in [2.75, 3.05) is 13.1 Å². The molecule has 1 aromatic heterocycles. The van der Waals surface area contributed by atoms with Crippen LogP contribution in [0.25, 0.3) is 10.1 Å². The first kappa shape index (κ1) is 16.1. The van der Waals surface area contributed by atoms with Gasteiger partial charge >= 0.3 is 6.09 Å². The summed E-state index contributed by atoms with van der Waals surface area (Å²) in [5.41, 5.74) is -0.476. The lowest BCUT2D eigenvalue weighted by Gasteiger charge is -2.33. The van der Waals surface area contributed by atoms with E-state index in [0.717, 1.165) is 22.9 Å². The van der Waals surface area contributed by atoms with Gasteiger partial charge in [-0.3, -0.25) is 0 Å². The maximum absolute atomic E-state index is 12.2. The van der Waals surface area contributed by atoms with Gasteiger partial charge in [-0.25, -0.2) is 4.79 Å². The second-order valence-corrected chi connectivity index (χ2v) is 7.60. The number of aromatic nitrogens is 1. The Kier molecular flexibility index (Phi) is 4.43. The van der Waals surface area contributed by atoms with Crippen LogP contribution in [0.4, 0.5) is 4.79 Å². The molecule has 1 aliphatic rings. The average molecular weight is 334 g/mol. The maximum atomic E-state index is 12.2. The number of hydrogen-bond donors (Lipinski definition) is 0. The standard InChI is InChI=1S/C17H22N2O3S/c1-17(2,3)22-16(20)19-10-6-7-12(11-19)21-15-13-8-4-5-9-14(13)23-18-15/h4-5,8-9,12H,6-7,10-11H2,1-3H3/t12-/m1/s1. The van der Waals surface area contributed by atoms with Gasteiger partial charge in [0.1, 0.15) is 11.7 Å². The van der Waals surface area contributed by atoms with E-state index in [0.29, 0.717) is 19.0 Å². The van der Waals surface area contributed by atoms with Crippen LogP contribution in [-0.4, -0.2) is 40.2 Å². The fourth-order valence-corrected chi connectivity index (χ4v) is 3.35. The number of rotatable bonds is 2. The molecule has 1 aromatic carbocycles. The smallest absolute Gasteiger partial charge is 0.410 e. The molecule has 6 heteroatoms. The lowest BCUT2D eigenvalue weighted by atomic mass is 10.1. The molecule has 2 aromatic rings. The first-order valence-corrected chi connectivity index (χ1v) is 8.69. The van der Waals surface area contributed by atoms with E-state index in [-0.39, 0.29) is 12.2 Å². The average Bonchev–Trinajstić information content (AvgIpc) is 2.89. The molecule has 1 saturated heterocycles. The molecule has 1 amide bonds. The van der Waals surface area contributed by atoms with Crippen molar-refractivity contribution in [3.05, 3.63) is 24.3 Å². The highest BCUT2D eigenvalue weighted by molar-refractivity contribution is 7.13. The molecule has 2 heterocycles. The van der Waals surface area contributed by atoms with Crippen molar-refractivity contribution in [1.82, 2.24) is 9.27 Å². The van der Waals surface area contributed by atoms with Gasteiger partial charge in [0.2, 0.25) is 5.88 Å². The lowest BCUT2D eigenvalue weighted by molar-refractivity contribution is 0.00753. The molecule has 5 nitrogen and oxygen atoms in total. The van der Waals surface area contributed by atoms with Crippen LogP contribution in [0.2, 0.25) is 0 Å². The molecule has 0 saturated carbocycles. The molecule has 0 bridgehead atoms. The summed E-state index contributed by atoms with van der Waals surface area (Å²) in [4.78, 5) is 13.9. The zero-order valence-electron chi connectivity index (χ0n) is 13.7. The molecule has 0 aliphatic carbocycles. The van der Waals surface area contributed by atoms with E-state index >= 15 is 0 Å². The third-order valence-electron chi connectivity index (χ3n) is 3.65. The molecule has 1 fully saturated rings. The van der Waals surface area contributed by atoms with Crippen LogP contribution in [0.5, 0.6) is 5.88 Å². The van der Waals surface area contributed by atoms with Crippen LogP contribution in [0, 0.1) is 0 Å². The summed E-state index contributed by atoms with van der Waals surface area (Å²) in [7, 11) is 0. The Morgan fingerprint density at radius 2 is 2.13 bits per heavy atom. The number of carbonyl (C=O) groups is 1. The van der Waals surface area contributed by atoms with E-state index in [2.05, 4.69) is 4.37 Å². The molecule has 3 rings (SSSR count). The van der Waals surface area contributed by atoms with Crippen molar-refractivity contribution in [3.63, 3.8) is 0 Å². The first-order valence-electron chi connectivity index (χ1n) is 7.91. The minimum Gasteiger partial charge on any atom is -0.471 e. The van der Waals surface area contributed by atoms with Crippen molar-refractivity contribution in [3.8, 4) is 5.88 Å². The van der Waals surface area contributed by atoms with Crippen molar-refractivity contribution in [2.24, 2.45) is 0 Å². The summed E-state index contributed by atoms with van der Waals surface area (Å²) < 4.78 is 17.0. The summed E-state index contributed by atoms with van der Waals surface area (Å²) >= 11 is 1.44. The zero-order valence-corrected chi connectivity index (χ0v) is 14.6. The normalized spacial score (nSPS) is 18.9. The van der Waals surface area contributed by atoms with Crippen LogP contribution < -0.4 is 4.74 Å². The third-order valence-corrected chi connectivity index (χ3v) is 4.46. The summed E-state index contributed by atoms with van der Waals surface area (Å²) in [6.45, 7) is 6.89. The number of fused-ring (bicyclic) bond motifs is 1. The molecule has 0 unspecified atom stereocenters. The van der Waals surface area contributed by atoms with Crippen LogP contribution in [-0.2, 0) is 4.74 Å². The molecule has 124 valence electrons. The van der Waals surface area contributed by atoms with E-state index in [1.807, 2.05) is 45.0 Å². The molecule has 0 spiro atoms. The number of carbonyl (C=O) groups excluding carboxylic acids is 1. The van der Waals surface area contributed by atoms with E-state index in [1.54, 1.807) is 4.90 Å². The number of nitrogens with zero attached hydrogens (tertiary/aromatic N) is 2. The Morgan fingerprint density at radius 3 is 2.91 bits per heavy atom. The molecule has 23 heavy (non-hydrogen) atoms. The highest BCUT2D eigenvalue weighted by Crippen LogP contribution is 2.30. The van der Waals surface area contributed by atoms with Crippen molar-refractivity contribution in [2.45, 2.75) is 45.3 Å². The zero-order chi connectivity index (χ0) is 16.4. The van der Waals surface area contributed by atoms with E-state index in [9.17, 15) is 4.79 Å². The van der Waals surface area contributed by atoms with Gasteiger partial charge in [-0.1, -0.05) is 12.1 Å². The quantitative estimate of drug-likeness (QED) is 0.830. The summed E-state index contributed by atoms with van der Waals surface area (Å²) in [6.07, 6.45) is 1.52. The number of likely N-dealkylation sites (tertiary alicyclic amines) is 1. The van der Waals surface area contributed by atoms with Crippen LogP contribution in [0.3, 0.4) is 0 Å². The predicted octanol–water partition coefficient (Wildman–Crippen LogP) is 4.07. The summed E-state index contributed by atoms with van der Waals surface area (Å²) in [5.74, 6) is 0.668. The maximum Gasteiger partial charge on any atom is 0.410 e. The van der Waals surface area contributed by atoms with Crippen molar-refractivity contribution in [1.29, 1.82) is 0 Å². The topological polar surface area (TPSA) is 51.7 Å². The van der Waals surface area contributed by atoms with Crippen LogP contribution in [0.1, 0.15) is 33.6 Å². The fourth-order valence-electron chi connectivity index (χ4n) is 2.63. The van der Waals surface area contributed by atoms with Gasteiger partial charge in [-0.05, 0) is 57.3 Å². The van der Waals surface area contributed by atoms with Gasteiger partial charge in [0.15, 0.2) is 0 Å². The van der Waals surface area contributed by atoms with Crippen molar-refractivity contribution >= 4 is 27.7 Å². The number of piperidine rings is 1. The van der Waals surface area contributed by atoms with Gasteiger partial charge in [0, 0.05) is 6.54 Å². The lowest BCUT2D eigenvalue weighted by Crippen LogP contribution is -2.46. The summed E-state index contributed by atoms with van der Waals surface area (Å²) in [6, 6.07) is 8.03. The Bertz CT molecular complexity index is 692. The largest absolute Gasteiger partial charge is 0.471 e. The van der Waals surface area contributed by atoms with Crippen LogP contribution in [0.15, 0.2) is 24.3 Å². The first-order chi connectivity index (χ1) is 10.9. The Morgan fingerprint density at radius 1 is 1.35 bits per heavy atom. The van der Waals surface area contributed by atoms with Crippen LogP contribution >= 0.6 is 11.5 Å². The van der Waals surface area contributed by atoms with Gasteiger partial charge in [0.05, 0.1) is 16.6 Å².